The van der Waals surface area contributed by atoms with Crippen molar-refractivity contribution >= 4 is 17.6 Å². The molecule has 3 rings (SSSR count). The number of morpholine rings is 1. The minimum Gasteiger partial charge on any atom is -0.379 e. The number of nitrogens with zero attached hydrogens (tertiary/aromatic N) is 1. The molecule has 0 bridgehead atoms. The third-order valence-corrected chi connectivity index (χ3v) is 4.57. The van der Waals surface area contributed by atoms with Crippen molar-refractivity contribution in [2.24, 2.45) is 0 Å². The first-order chi connectivity index (χ1) is 10.7. The minimum atomic E-state index is -0.201. The molecule has 0 atom stereocenters. The van der Waals surface area contributed by atoms with Crippen molar-refractivity contribution in [3.63, 3.8) is 0 Å². The molecule has 5 nitrogen and oxygen atoms in total. The number of nitrogens with one attached hydrogen (secondary N) is 2. The van der Waals surface area contributed by atoms with E-state index in [0.717, 1.165) is 56.3 Å². The van der Waals surface area contributed by atoms with Gasteiger partial charge in [0.05, 0.1) is 18.8 Å². The third-order valence-electron chi connectivity index (χ3n) is 4.32. The second-order valence-electron chi connectivity index (χ2n) is 5.92. The molecule has 0 radical (unpaired) electrons. The Labute approximate surface area is 136 Å². The van der Waals surface area contributed by atoms with Crippen LogP contribution in [0, 0.1) is 0 Å². The van der Waals surface area contributed by atoms with Gasteiger partial charge >= 0.3 is 6.03 Å². The Hall–Kier alpha value is -1.30. The summed E-state index contributed by atoms with van der Waals surface area (Å²) in [6, 6.07) is 7.62. The van der Waals surface area contributed by atoms with E-state index in [9.17, 15) is 4.79 Å². The van der Waals surface area contributed by atoms with E-state index in [0.29, 0.717) is 6.54 Å². The summed E-state index contributed by atoms with van der Waals surface area (Å²) < 4.78 is 5.31. The van der Waals surface area contributed by atoms with Gasteiger partial charge in [-0.3, -0.25) is 4.90 Å². The van der Waals surface area contributed by atoms with E-state index < -0.39 is 0 Å². The number of benzene rings is 1. The summed E-state index contributed by atoms with van der Waals surface area (Å²) in [4.78, 5) is 14.4. The van der Waals surface area contributed by atoms with Crippen LogP contribution in [0.1, 0.15) is 18.4 Å². The maximum atomic E-state index is 12.1. The molecular weight excluding hydrogens is 302 g/mol. The quantitative estimate of drug-likeness (QED) is 0.871. The third kappa shape index (κ3) is 3.91. The van der Waals surface area contributed by atoms with Gasteiger partial charge in [0, 0.05) is 31.2 Å². The average molecular weight is 324 g/mol. The summed E-state index contributed by atoms with van der Waals surface area (Å²) in [7, 11) is 0. The van der Waals surface area contributed by atoms with Crippen molar-refractivity contribution in [2.75, 3.05) is 39.4 Å². The van der Waals surface area contributed by atoms with Gasteiger partial charge in [-0.25, -0.2) is 4.79 Å². The molecule has 2 amide bonds. The number of hydrogen-bond acceptors (Lipinski definition) is 3. The number of ether oxygens (including phenoxy) is 1. The minimum absolute atomic E-state index is 0.0966. The molecule has 0 spiro atoms. The van der Waals surface area contributed by atoms with Crippen LogP contribution in [-0.4, -0.2) is 50.3 Å². The monoisotopic (exact) mass is 323 g/mol. The smallest absolute Gasteiger partial charge is 0.315 e. The maximum absolute atomic E-state index is 12.1. The molecule has 22 heavy (non-hydrogen) atoms. The fraction of sp³-hybridized carbons (Fsp3) is 0.562. The molecule has 2 fully saturated rings. The van der Waals surface area contributed by atoms with Crippen LogP contribution in [0.15, 0.2) is 24.3 Å². The lowest BCUT2D eigenvalue weighted by molar-refractivity contribution is 0.0387. The Balaban J connectivity index is 1.44. The van der Waals surface area contributed by atoms with Crippen LogP contribution in [-0.2, 0) is 10.3 Å². The van der Waals surface area contributed by atoms with Gasteiger partial charge in [0.1, 0.15) is 0 Å². The van der Waals surface area contributed by atoms with E-state index in [1.54, 1.807) is 0 Å². The lowest BCUT2D eigenvalue weighted by atomic mass is 10.1. The van der Waals surface area contributed by atoms with Crippen LogP contribution in [0.3, 0.4) is 0 Å². The molecule has 120 valence electrons. The molecule has 1 aliphatic heterocycles. The molecule has 1 aliphatic carbocycles. The molecule has 1 saturated heterocycles. The Morgan fingerprint density at radius 2 is 1.91 bits per heavy atom. The zero-order valence-corrected chi connectivity index (χ0v) is 13.4. The Morgan fingerprint density at radius 3 is 2.55 bits per heavy atom. The fourth-order valence-electron chi connectivity index (χ4n) is 2.79. The van der Waals surface area contributed by atoms with Crippen molar-refractivity contribution in [2.45, 2.75) is 18.4 Å². The standard InChI is InChI=1S/C16H22ClN3O2/c17-14-3-1-13(2-4-14)16(5-6-16)19-15(21)18-7-8-20-9-11-22-12-10-20/h1-4H,5-12H2,(H2,18,19,21). The second kappa shape index (κ2) is 6.86. The van der Waals surface area contributed by atoms with Gasteiger partial charge in [0.25, 0.3) is 0 Å². The van der Waals surface area contributed by atoms with Crippen LogP contribution >= 0.6 is 11.6 Å². The van der Waals surface area contributed by atoms with Crippen molar-refractivity contribution in [1.82, 2.24) is 15.5 Å². The topological polar surface area (TPSA) is 53.6 Å². The predicted molar refractivity (Wildman–Crippen MR) is 86.2 cm³/mol. The van der Waals surface area contributed by atoms with Crippen LogP contribution in [0.4, 0.5) is 4.79 Å². The lowest BCUT2D eigenvalue weighted by Crippen LogP contribution is -2.46. The highest BCUT2D eigenvalue weighted by molar-refractivity contribution is 6.30. The van der Waals surface area contributed by atoms with Crippen molar-refractivity contribution in [3.05, 3.63) is 34.9 Å². The molecular formula is C16H22ClN3O2. The SMILES string of the molecule is O=C(NCCN1CCOCC1)NC1(c2ccc(Cl)cc2)CC1. The van der Waals surface area contributed by atoms with E-state index >= 15 is 0 Å². The fourth-order valence-corrected chi connectivity index (χ4v) is 2.92. The van der Waals surface area contributed by atoms with Crippen LogP contribution < -0.4 is 10.6 Å². The number of urea groups is 1. The van der Waals surface area contributed by atoms with Gasteiger partial charge in [-0.05, 0) is 30.5 Å². The number of halogens is 1. The molecule has 1 aromatic rings. The molecule has 1 heterocycles. The average Bonchev–Trinajstić information content (AvgIpc) is 3.29. The maximum Gasteiger partial charge on any atom is 0.315 e. The first kappa shape index (κ1) is 15.6. The molecule has 0 aromatic heterocycles. The molecule has 0 unspecified atom stereocenters. The summed E-state index contributed by atoms with van der Waals surface area (Å²) in [6.07, 6.45) is 1.96. The molecule has 1 saturated carbocycles. The molecule has 2 aliphatic rings. The zero-order valence-electron chi connectivity index (χ0n) is 12.6. The second-order valence-corrected chi connectivity index (χ2v) is 6.36. The van der Waals surface area contributed by atoms with E-state index in [1.807, 2.05) is 24.3 Å². The highest BCUT2D eigenvalue weighted by atomic mass is 35.5. The van der Waals surface area contributed by atoms with Crippen LogP contribution in [0.5, 0.6) is 0 Å². The van der Waals surface area contributed by atoms with Gasteiger partial charge < -0.3 is 15.4 Å². The normalized spacial score (nSPS) is 20.4. The van der Waals surface area contributed by atoms with E-state index in [4.69, 9.17) is 16.3 Å². The van der Waals surface area contributed by atoms with Crippen LogP contribution in [0.2, 0.25) is 5.02 Å². The van der Waals surface area contributed by atoms with E-state index in [-0.39, 0.29) is 11.6 Å². The molecule has 2 N–H and O–H groups in total. The van der Waals surface area contributed by atoms with E-state index in [2.05, 4.69) is 15.5 Å². The summed E-state index contributed by atoms with van der Waals surface area (Å²) in [6.45, 7) is 4.97. The van der Waals surface area contributed by atoms with Gasteiger partial charge in [-0.2, -0.15) is 0 Å². The number of amides is 2. The predicted octanol–water partition coefficient (Wildman–Crippen LogP) is 1.96. The van der Waals surface area contributed by atoms with Crippen molar-refractivity contribution in [3.8, 4) is 0 Å². The van der Waals surface area contributed by atoms with Crippen LogP contribution in [0.25, 0.3) is 0 Å². The largest absolute Gasteiger partial charge is 0.379 e. The number of carbonyl (C=O) groups is 1. The summed E-state index contributed by atoms with van der Waals surface area (Å²) in [5.74, 6) is 0. The first-order valence-electron chi connectivity index (χ1n) is 7.80. The Kier molecular flexibility index (Phi) is 4.86. The zero-order chi connectivity index (χ0) is 15.4. The molecule has 1 aromatic carbocycles. The lowest BCUT2D eigenvalue weighted by Gasteiger charge is -2.26. The number of hydrogen-bond donors (Lipinski definition) is 2. The van der Waals surface area contributed by atoms with Gasteiger partial charge in [0.2, 0.25) is 0 Å². The Bertz CT molecular complexity index is 511. The number of rotatable bonds is 5. The first-order valence-corrected chi connectivity index (χ1v) is 8.18. The van der Waals surface area contributed by atoms with E-state index in [1.165, 1.54) is 0 Å². The van der Waals surface area contributed by atoms with Gasteiger partial charge in [0.15, 0.2) is 0 Å². The summed E-state index contributed by atoms with van der Waals surface area (Å²) in [5.41, 5.74) is 0.924. The Morgan fingerprint density at radius 1 is 1.23 bits per heavy atom. The van der Waals surface area contributed by atoms with Gasteiger partial charge in [-0.15, -0.1) is 0 Å². The molecule has 6 heteroatoms. The summed E-state index contributed by atoms with van der Waals surface area (Å²) >= 11 is 5.92. The van der Waals surface area contributed by atoms with Crippen molar-refractivity contribution in [1.29, 1.82) is 0 Å². The number of carbonyl (C=O) groups excluding carboxylic acids is 1. The highest BCUT2D eigenvalue weighted by Gasteiger charge is 2.45. The highest BCUT2D eigenvalue weighted by Crippen LogP contribution is 2.45. The summed E-state index contributed by atoms with van der Waals surface area (Å²) in [5, 5.41) is 6.77. The van der Waals surface area contributed by atoms with Crippen molar-refractivity contribution < 1.29 is 9.53 Å². The van der Waals surface area contributed by atoms with Gasteiger partial charge in [-0.1, -0.05) is 23.7 Å².